The zero-order valence-corrected chi connectivity index (χ0v) is 24.0. The van der Waals surface area contributed by atoms with Crippen LogP contribution in [0.5, 0.6) is 5.75 Å². The number of fused-ring (bicyclic) bond motifs is 2. The summed E-state index contributed by atoms with van der Waals surface area (Å²) in [6, 6.07) is 10.1. The highest BCUT2D eigenvalue weighted by molar-refractivity contribution is 6.22. The molecule has 1 aliphatic carbocycles. The Balaban J connectivity index is 1.31. The van der Waals surface area contributed by atoms with Crippen LogP contribution in [-0.2, 0) is 17.0 Å². The van der Waals surface area contributed by atoms with Crippen LogP contribution in [0.2, 0.25) is 0 Å². The molecule has 0 saturated carbocycles. The number of alkyl halides is 1. The number of aliphatic hydroxyl groups is 1. The van der Waals surface area contributed by atoms with Crippen molar-refractivity contribution >= 4 is 23.1 Å². The van der Waals surface area contributed by atoms with Crippen LogP contribution >= 0.6 is 11.6 Å². The van der Waals surface area contributed by atoms with E-state index in [1.54, 1.807) is 20.0 Å². The average molecular weight is 564 g/mol. The highest BCUT2D eigenvalue weighted by atomic mass is 35.5. The Kier molecular flexibility index (Phi) is 8.76. The number of carboxylic acids is 1. The van der Waals surface area contributed by atoms with Crippen LogP contribution < -0.4 is 4.74 Å². The largest absolute Gasteiger partial charge is 0.487 e. The van der Waals surface area contributed by atoms with Crippen molar-refractivity contribution in [3.63, 3.8) is 0 Å². The monoisotopic (exact) mass is 563 g/mol. The van der Waals surface area contributed by atoms with Crippen LogP contribution in [0.15, 0.2) is 66.4 Å². The zero-order chi connectivity index (χ0) is 28.3. The van der Waals surface area contributed by atoms with Gasteiger partial charge in [0.1, 0.15) is 12.4 Å². The highest BCUT2D eigenvalue weighted by Crippen LogP contribution is 2.38. The predicted molar refractivity (Wildman–Crippen MR) is 157 cm³/mol. The van der Waals surface area contributed by atoms with Crippen molar-refractivity contribution in [2.45, 2.75) is 56.7 Å². The van der Waals surface area contributed by atoms with Gasteiger partial charge in [0.15, 0.2) is 0 Å². The molecular formula is C32H38ClN3O4. The molecule has 0 spiro atoms. The molecule has 2 aliphatic heterocycles. The molecule has 7 nitrogen and oxygen atoms in total. The lowest BCUT2D eigenvalue weighted by molar-refractivity contribution is -0.138. The van der Waals surface area contributed by atoms with Gasteiger partial charge in [-0.2, -0.15) is 0 Å². The summed E-state index contributed by atoms with van der Waals surface area (Å²) in [5.41, 5.74) is 4.98. The van der Waals surface area contributed by atoms with Gasteiger partial charge < -0.3 is 19.8 Å². The molecule has 2 unspecified atom stereocenters. The van der Waals surface area contributed by atoms with Crippen LogP contribution in [0, 0.1) is 0 Å². The Hall–Kier alpha value is -2.97. The number of nitrogens with zero attached hydrogens (tertiary/aromatic N) is 3. The van der Waals surface area contributed by atoms with Gasteiger partial charge in [0.05, 0.1) is 23.2 Å². The minimum Gasteiger partial charge on any atom is -0.487 e. The second-order valence-electron chi connectivity index (χ2n) is 11.4. The molecule has 8 heteroatoms. The van der Waals surface area contributed by atoms with Gasteiger partial charge >= 0.3 is 5.97 Å². The van der Waals surface area contributed by atoms with Gasteiger partial charge in [-0.15, -0.1) is 11.6 Å². The lowest BCUT2D eigenvalue weighted by Crippen LogP contribution is -2.42. The number of hydrogen-bond acceptors (Lipinski definition) is 6. The fraction of sp³-hybridized carbons (Fsp3) is 0.438. The number of pyridine rings is 1. The number of aromatic nitrogens is 1. The maximum atomic E-state index is 11.7. The number of allylic oxidation sites excluding steroid dienone is 2. The summed E-state index contributed by atoms with van der Waals surface area (Å²) in [4.78, 5) is 20.7. The Morgan fingerprint density at radius 1 is 1.30 bits per heavy atom. The summed E-state index contributed by atoms with van der Waals surface area (Å²) >= 11 is 6.17. The number of ether oxygens (including phenoxy) is 1. The van der Waals surface area contributed by atoms with E-state index >= 15 is 0 Å². The molecule has 3 heterocycles. The summed E-state index contributed by atoms with van der Waals surface area (Å²) in [5.74, 6) is -0.0138. The number of carboxylic acid groups (broad SMARTS) is 1. The summed E-state index contributed by atoms with van der Waals surface area (Å²) in [6.45, 7) is 7.27. The zero-order valence-electron chi connectivity index (χ0n) is 23.2. The van der Waals surface area contributed by atoms with Gasteiger partial charge in [-0.05, 0) is 74.6 Å². The first-order valence-electron chi connectivity index (χ1n) is 14.0. The third-order valence-electron chi connectivity index (χ3n) is 7.93. The molecular weight excluding hydrogens is 526 g/mol. The van der Waals surface area contributed by atoms with Crippen molar-refractivity contribution in [2.75, 3.05) is 32.7 Å². The second-order valence-corrected chi connectivity index (χ2v) is 12.0. The Morgan fingerprint density at radius 2 is 2.15 bits per heavy atom. The Morgan fingerprint density at radius 3 is 2.90 bits per heavy atom. The quantitative estimate of drug-likeness (QED) is 0.416. The number of likely N-dealkylation sites (tertiary alicyclic amines) is 1. The fourth-order valence-corrected chi connectivity index (χ4v) is 5.90. The molecule has 3 aliphatic rings. The highest BCUT2D eigenvalue weighted by Gasteiger charge is 2.29. The predicted octanol–water partition coefficient (Wildman–Crippen LogP) is 4.98. The van der Waals surface area contributed by atoms with E-state index in [0.717, 1.165) is 78.2 Å². The number of hydrogen-bond donors (Lipinski definition) is 2. The van der Waals surface area contributed by atoms with E-state index in [9.17, 15) is 15.0 Å². The molecule has 2 atom stereocenters. The Labute approximate surface area is 241 Å². The van der Waals surface area contributed by atoms with Crippen LogP contribution in [0.1, 0.15) is 55.5 Å². The molecule has 212 valence electrons. The molecule has 1 aromatic carbocycles. The molecule has 40 heavy (non-hydrogen) atoms. The van der Waals surface area contributed by atoms with E-state index in [4.69, 9.17) is 16.3 Å². The maximum Gasteiger partial charge on any atom is 0.317 e. The summed E-state index contributed by atoms with van der Waals surface area (Å²) in [7, 11) is 0. The smallest absolute Gasteiger partial charge is 0.317 e. The molecule has 0 radical (unpaired) electrons. The number of aliphatic carboxylic acids is 1. The maximum absolute atomic E-state index is 11.7. The third-order valence-corrected chi connectivity index (χ3v) is 8.25. The molecule has 0 amide bonds. The van der Waals surface area contributed by atoms with Crippen LogP contribution in [0.25, 0.3) is 5.57 Å². The van der Waals surface area contributed by atoms with Crippen LogP contribution in [0.3, 0.4) is 0 Å². The number of rotatable bonds is 9. The molecule has 1 aromatic heterocycles. The second kappa shape index (κ2) is 12.3. The molecule has 2 aromatic rings. The number of carbonyl (C=O) groups is 1. The Bertz CT molecular complexity index is 1330. The van der Waals surface area contributed by atoms with Crippen molar-refractivity contribution in [3.05, 3.63) is 88.8 Å². The van der Waals surface area contributed by atoms with E-state index < -0.39 is 11.6 Å². The first kappa shape index (κ1) is 28.6. The van der Waals surface area contributed by atoms with Crippen LogP contribution in [-0.4, -0.2) is 75.1 Å². The average Bonchev–Trinajstić information content (AvgIpc) is 3.33. The minimum atomic E-state index is -0.967. The number of benzene rings is 1. The minimum absolute atomic E-state index is 0.0178. The molecule has 1 saturated heterocycles. The van der Waals surface area contributed by atoms with E-state index in [-0.39, 0.29) is 18.0 Å². The summed E-state index contributed by atoms with van der Waals surface area (Å²) in [5, 5.41) is 20.3. The topological polar surface area (TPSA) is 86.1 Å². The van der Waals surface area contributed by atoms with Gasteiger partial charge in [0.2, 0.25) is 0 Å². The van der Waals surface area contributed by atoms with Crippen LogP contribution in [0.4, 0.5) is 0 Å². The van der Waals surface area contributed by atoms with Crippen molar-refractivity contribution < 1.29 is 19.7 Å². The fourth-order valence-electron chi connectivity index (χ4n) is 5.74. The van der Waals surface area contributed by atoms with E-state index in [2.05, 4.69) is 33.0 Å². The van der Waals surface area contributed by atoms with E-state index in [0.29, 0.717) is 13.2 Å². The van der Waals surface area contributed by atoms with Gasteiger partial charge in [-0.3, -0.25) is 14.7 Å². The van der Waals surface area contributed by atoms with Gasteiger partial charge in [-0.25, -0.2) is 0 Å². The lowest BCUT2D eigenvalue weighted by atomic mass is 9.90. The van der Waals surface area contributed by atoms with E-state index in [1.807, 2.05) is 36.4 Å². The summed E-state index contributed by atoms with van der Waals surface area (Å²) in [6.07, 6.45) is 12.7. The van der Waals surface area contributed by atoms with Gasteiger partial charge in [-0.1, -0.05) is 36.4 Å². The third kappa shape index (κ3) is 6.84. The van der Waals surface area contributed by atoms with Crippen molar-refractivity contribution in [1.82, 2.24) is 14.8 Å². The van der Waals surface area contributed by atoms with Gasteiger partial charge in [0.25, 0.3) is 0 Å². The van der Waals surface area contributed by atoms with E-state index in [1.165, 1.54) is 0 Å². The molecule has 2 N–H and O–H groups in total. The number of halogens is 1. The molecule has 0 bridgehead atoms. The normalized spacial score (nSPS) is 22.0. The SMILES string of the molecule is CC(C)(O)c1ccc2c(c1)/C(=C/CCN1CCC(N(CC(=O)O)CC3=CCC(Cl)C=C3)C1)c1cccnc1CO2. The first-order chi connectivity index (χ1) is 19.2. The molecule has 5 rings (SSSR count). The first-order valence-corrected chi connectivity index (χ1v) is 14.4. The van der Waals surface area contributed by atoms with Crippen molar-refractivity contribution in [3.8, 4) is 5.75 Å². The van der Waals surface area contributed by atoms with Gasteiger partial charge in [0, 0.05) is 43.0 Å². The lowest BCUT2D eigenvalue weighted by Gasteiger charge is -2.28. The standard InChI is InChI=1S/C32H38ClN3O4/c1-32(2,39)23-9-12-30-28(17-23)26(27-5-3-14-34-29(27)21-40-30)6-4-15-35-16-13-25(19-35)36(20-31(37)38)18-22-7-10-24(33)11-8-22/h3,5-10,12,14,17,24-25,39H,4,11,13,15-16,18-21H2,1-2H3,(H,37,38)/b26-6+. The van der Waals surface area contributed by atoms with Crippen molar-refractivity contribution in [1.29, 1.82) is 0 Å². The van der Waals surface area contributed by atoms with Crippen molar-refractivity contribution in [2.24, 2.45) is 0 Å². The molecule has 1 fully saturated rings. The summed E-state index contributed by atoms with van der Waals surface area (Å²) < 4.78 is 6.13.